The summed E-state index contributed by atoms with van der Waals surface area (Å²) >= 11 is 0. The lowest BCUT2D eigenvalue weighted by atomic mass is 10.2. The maximum Gasteiger partial charge on any atom is 0.331 e. The Morgan fingerprint density at radius 2 is 2.15 bits per heavy atom. The van der Waals surface area contributed by atoms with Crippen molar-refractivity contribution in [2.45, 2.75) is 20.0 Å². The molecule has 1 heterocycles. The molecule has 1 aliphatic rings. The van der Waals surface area contributed by atoms with E-state index in [9.17, 15) is 9.59 Å². The maximum absolute atomic E-state index is 11.0. The van der Waals surface area contributed by atoms with Gasteiger partial charge in [0.05, 0.1) is 6.61 Å². The van der Waals surface area contributed by atoms with Crippen molar-refractivity contribution >= 4 is 11.8 Å². The first-order valence-electron chi connectivity index (χ1n) is 4.07. The van der Waals surface area contributed by atoms with E-state index in [-0.39, 0.29) is 18.5 Å². The van der Waals surface area contributed by atoms with Crippen LogP contribution >= 0.6 is 0 Å². The number of epoxide rings is 1. The Hall–Kier alpha value is -1.16. The Morgan fingerprint density at radius 3 is 2.62 bits per heavy atom. The van der Waals surface area contributed by atoms with Crippen LogP contribution in [0.2, 0.25) is 0 Å². The van der Waals surface area contributed by atoms with Crippen LogP contribution in [0.1, 0.15) is 13.8 Å². The Bertz CT molecular complexity index is 250. The zero-order chi connectivity index (χ0) is 9.84. The van der Waals surface area contributed by atoms with Gasteiger partial charge in [0.1, 0.15) is 12.7 Å². The SMILES string of the molecule is CC(=O)C(C)=CC(=O)OCC1CO1. The summed E-state index contributed by atoms with van der Waals surface area (Å²) < 4.78 is 9.64. The minimum Gasteiger partial charge on any atom is -0.460 e. The molecule has 1 atom stereocenters. The van der Waals surface area contributed by atoms with E-state index in [0.717, 1.165) is 0 Å². The third-order valence-corrected chi connectivity index (χ3v) is 1.70. The van der Waals surface area contributed by atoms with Crippen LogP contribution in [0.15, 0.2) is 11.6 Å². The van der Waals surface area contributed by atoms with Crippen LogP contribution in [0.4, 0.5) is 0 Å². The number of ether oxygens (including phenoxy) is 2. The number of Topliss-reactive ketones (excluding diaryl/α,β-unsaturated/α-hetero) is 1. The zero-order valence-corrected chi connectivity index (χ0v) is 7.70. The van der Waals surface area contributed by atoms with Gasteiger partial charge in [0.15, 0.2) is 5.78 Å². The molecule has 13 heavy (non-hydrogen) atoms. The molecule has 0 aromatic carbocycles. The van der Waals surface area contributed by atoms with Crippen molar-refractivity contribution in [2.75, 3.05) is 13.2 Å². The predicted octanol–water partition coefficient (Wildman–Crippen LogP) is 0.464. The van der Waals surface area contributed by atoms with Gasteiger partial charge in [0, 0.05) is 6.08 Å². The molecular weight excluding hydrogens is 172 g/mol. The molecule has 1 saturated heterocycles. The van der Waals surface area contributed by atoms with Crippen molar-refractivity contribution in [3.8, 4) is 0 Å². The predicted molar refractivity (Wildman–Crippen MR) is 45.1 cm³/mol. The van der Waals surface area contributed by atoms with E-state index in [4.69, 9.17) is 9.47 Å². The third-order valence-electron chi connectivity index (χ3n) is 1.70. The second-order valence-corrected chi connectivity index (χ2v) is 2.97. The zero-order valence-electron chi connectivity index (χ0n) is 7.70. The Kier molecular flexibility index (Phi) is 3.19. The van der Waals surface area contributed by atoms with Crippen molar-refractivity contribution in [1.29, 1.82) is 0 Å². The van der Waals surface area contributed by atoms with Crippen molar-refractivity contribution in [3.05, 3.63) is 11.6 Å². The molecule has 1 rings (SSSR count). The van der Waals surface area contributed by atoms with E-state index in [1.165, 1.54) is 13.0 Å². The molecule has 0 saturated carbocycles. The smallest absolute Gasteiger partial charge is 0.331 e. The van der Waals surface area contributed by atoms with Crippen LogP contribution in [0.5, 0.6) is 0 Å². The molecule has 0 aromatic heterocycles. The molecule has 0 N–H and O–H groups in total. The van der Waals surface area contributed by atoms with Gasteiger partial charge in [-0.25, -0.2) is 4.79 Å². The standard InChI is InChI=1S/C9H12O4/c1-6(7(2)10)3-9(11)13-5-8-4-12-8/h3,8H,4-5H2,1-2H3. The summed E-state index contributed by atoms with van der Waals surface area (Å²) in [5.41, 5.74) is 0.404. The van der Waals surface area contributed by atoms with Crippen LogP contribution in [0.3, 0.4) is 0 Å². The average Bonchev–Trinajstić information content (AvgIpc) is 2.83. The number of carbonyl (C=O) groups excluding carboxylic acids is 2. The second kappa shape index (κ2) is 4.18. The molecule has 0 aromatic rings. The van der Waals surface area contributed by atoms with Gasteiger partial charge in [-0.2, -0.15) is 0 Å². The Morgan fingerprint density at radius 1 is 1.54 bits per heavy atom. The summed E-state index contributed by atoms with van der Waals surface area (Å²) in [6.07, 6.45) is 1.26. The normalized spacial score (nSPS) is 21.1. The molecule has 0 aliphatic carbocycles. The van der Waals surface area contributed by atoms with Crippen molar-refractivity contribution < 1.29 is 19.1 Å². The van der Waals surface area contributed by atoms with Gasteiger partial charge in [-0.3, -0.25) is 4.79 Å². The third kappa shape index (κ3) is 3.85. The van der Waals surface area contributed by atoms with Gasteiger partial charge < -0.3 is 9.47 Å². The summed E-state index contributed by atoms with van der Waals surface area (Å²) in [7, 11) is 0. The molecule has 4 heteroatoms. The molecular formula is C9H12O4. The first-order valence-corrected chi connectivity index (χ1v) is 4.07. The van der Waals surface area contributed by atoms with E-state index < -0.39 is 5.97 Å². The lowest BCUT2D eigenvalue weighted by Crippen LogP contribution is -2.08. The lowest BCUT2D eigenvalue weighted by molar-refractivity contribution is -0.138. The molecule has 1 unspecified atom stereocenters. The number of ketones is 1. The van der Waals surface area contributed by atoms with Gasteiger partial charge in [0.25, 0.3) is 0 Å². The molecule has 72 valence electrons. The van der Waals surface area contributed by atoms with Gasteiger partial charge in [-0.15, -0.1) is 0 Å². The van der Waals surface area contributed by atoms with Gasteiger partial charge >= 0.3 is 5.97 Å². The van der Waals surface area contributed by atoms with E-state index in [1.807, 2.05) is 0 Å². The van der Waals surface area contributed by atoms with Crippen molar-refractivity contribution in [3.63, 3.8) is 0 Å². The number of esters is 1. The van der Waals surface area contributed by atoms with Crippen LogP contribution in [0, 0.1) is 0 Å². The molecule has 1 aliphatic heterocycles. The Labute approximate surface area is 76.5 Å². The number of carbonyl (C=O) groups is 2. The lowest BCUT2D eigenvalue weighted by Gasteiger charge is -1.98. The van der Waals surface area contributed by atoms with Gasteiger partial charge in [0.2, 0.25) is 0 Å². The highest BCUT2D eigenvalue weighted by Gasteiger charge is 2.23. The highest BCUT2D eigenvalue weighted by molar-refractivity contribution is 5.98. The first-order chi connectivity index (χ1) is 6.09. The fourth-order valence-electron chi connectivity index (χ4n) is 0.659. The summed E-state index contributed by atoms with van der Waals surface area (Å²) in [6.45, 7) is 3.92. The van der Waals surface area contributed by atoms with Crippen LogP contribution in [-0.2, 0) is 19.1 Å². The fraction of sp³-hybridized carbons (Fsp3) is 0.556. The van der Waals surface area contributed by atoms with Gasteiger partial charge in [-0.05, 0) is 19.4 Å². The number of hydrogen-bond donors (Lipinski definition) is 0. The quantitative estimate of drug-likeness (QED) is 0.362. The minimum absolute atomic E-state index is 0.0648. The number of allylic oxidation sites excluding steroid dienone is 1. The van der Waals surface area contributed by atoms with Crippen molar-refractivity contribution in [1.82, 2.24) is 0 Å². The molecule has 0 bridgehead atoms. The highest BCUT2D eigenvalue weighted by Crippen LogP contribution is 2.08. The number of hydrogen-bond acceptors (Lipinski definition) is 4. The van der Waals surface area contributed by atoms with Crippen LogP contribution < -0.4 is 0 Å². The van der Waals surface area contributed by atoms with E-state index in [2.05, 4.69) is 0 Å². The topological polar surface area (TPSA) is 55.9 Å². The summed E-state index contributed by atoms with van der Waals surface area (Å²) in [5.74, 6) is -0.608. The van der Waals surface area contributed by atoms with Crippen LogP contribution in [-0.4, -0.2) is 31.1 Å². The fourth-order valence-corrected chi connectivity index (χ4v) is 0.659. The largest absolute Gasteiger partial charge is 0.460 e. The minimum atomic E-state index is -0.483. The van der Waals surface area contributed by atoms with Crippen LogP contribution in [0.25, 0.3) is 0 Å². The van der Waals surface area contributed by atoms with E-state index in [1.54, 1.807) is 6.92 Å². The first kappa shape index (κ1) is 9.92. The average molecular weight is 184 g/mol. The van der Waals surface area contributed by atoms with E-state index >= 15 is 0 Å². The monoisotopic (exact) mass is 184 g/mol. The summed E-state index contributed by atoms with van der Waals surface area (Å²) in [5, 5.41) is 0. The molecule has 0 amide bonds. The maximum atomic E-state index is 11.0. The second-order valence-electron chi connectivity index (χ2n) is 2.97. The number of rotatable bonds is 4. The summed E-state index contributed by atoms with van der Waals surface area (Å²) in [6, 6.07) is 0. The molecule has 1 fully saturated rings. The van der Waals surface area contributed by atoms with Gasteiger partial charge in [-0.1, -0.05) is 0 Å². The Balaban J connectivity index is 2.29. The van der Waals surface area contributed by atoms with E-state index in [0.29, 0.717) is 12.2 Å². The molecule has 0 radical (unpaired) electrons. The highest BCUT2D eigenvalue weighted by atomic mass is 16.6. The molecule has 0 spiro atoms. The van der Waals surface area contributed by atoms with Crippen molar-refractivity contribution in [2.24, 2.45) is 0 Å². The molecule has 4 nitrogen and oxygen atoms in total. The summed E-state index contributed by atoms with van der Waals surface area (Å²) in [4.78, 5) is 21.7.